The van der Waals surface area contributed by atoms with E-state index >= 15 is 0 Å². The summed E-state index contributed by atoms with van der Waals surface area (Å²) in [7, 11) is 0. The summed E-state index contributed by atoms with van der Waals surface area (Å²) in [5.41, 5.74) is 6.78. The van der Waals surface area contributed by atoms with E-state index in [1.165, 1.54) is 18.3 Å². The number of esters is 1. The summed E-state index contributed by atoms with van der Waals surface area (Å²) in [5.74, 6) is 0.0600. The van der Waals surface area contributed by atoms with E-state index in [2.05, 4.69) is 4.98 Å². The smallest absolute Gasteiger partial charge is 0.322 e. The van der Waals surface area contributed by atoms with Crippen molar-refractivity contribution < 1.29 is 34.0 Å². The van der Waals surface area contributed by atoms with Gasteiger partial charge in [-0.2, -0.15) is 0 Å². The van der Waals surface area contributed by atoms with Crippen LogP contribution in [0, 0.1) is 0 Å². The molecule has 182 valence electrons. The molecule has 1 saturated heterocycles. The van der Waals surface area contributed by atoms with Crippen LogP contribution < -0.4 is 5.73 Å². The molecule has 1 aliphatic rings. The quantitative estimate of drug-likeness (QED) is 0.352. The van der Waals surface area contributed by atoms with E-state index in [0.29, 0.717) is 17.0 Å². The molecule has 0 radical (unpaired) electrons. The molecule has 1 aromatic carbocycles. The molecule has 0 saturated carbocycles. The number of hydrogen-bond donors (Lipinski definition) is 4. The highest BCUT2D eigenvalue weighted by Crippen LogP contribution is 2.35. The molecule has 9 nitrogen and oxygen atoms in total. The maximum absolute atomic E-state index is 11.7. The second-order valence-corrected chi connectivity index (χ2v) is 9.63. The van der Waals surface area contributed by atoms with Crippen LogP contribution in [-0.4, -0.2) is 63.3 Å². The van der Waals surface area contributed by atoms with Gasteiger partial charge in [0.25, 0.3) is 0 Å². The Labute approximate surface area is 204 Å². The first kappa shape index (κ1) is 24.8. The monoisotopic (exact) mass is 508 g/mol. The van der Waals surface area contributed by atoms with Crippen LogP contribution in [0.5, 0.6) is 0 Å². The zero-order valence-corrected chi connectivity index (χ0v) is 19.8. The second kappa shape index (κ2) is 10.5. The minimum atomic E-state index is -1.51. The Kier molecular flexibility index (Phi) is 7.68. The van der Waals surface area contributed by atoms with Gasteiger partial charge in [-0.1, -0.05) is 23.7 Å². The topological polar surface area (TPSA) is 148 Å². The van der Waals surface area contributed by atoms with Gasteiger partial charge in [0.2, 0.25) is 0 Å². The Hall–Kier alpha value is -2.31. The van der Waals surface area contributed by atoms with Gasteiger partial charge in [-0.25, -0.2) is 4.98 Å². The first-order valence-corrected chi connectivity index (χ1v) is 11.8. The fraction of sp³-hybridized carbons (Fsp3) is 0.391. The number of hydrogen-bond acceptors (Lipinski definition) is 10. The molecule has 0 bridgehead atoms. The van der Waals surface area contributed by atoms with Crippen LogP contribution >= 0.6 is 22.9 Å². The van der Waals surface area contributed by atoms with E-state index in [1.807, 2.05) is 6.07 Å². The van der Waals surface area contributed by atoms with Crippen molar-refractivity contribution in [2.24, 2.45) is 5.73 Å². The molecule has 3 heterocycles. The average molecular weight is 509 g/mol. The maximum atomic E-state index is 11.7. The third-order valence-corrected chi connectivity index (χ3v) is 6.91. The summed E-state index contributed by atoms with van der Waals surface area (Å²) in [6, 6.07) is 7.93. The second-order valence-electron chi connectivity index (χ2n) is 8.11. The largest absolute Gasteiger partial charge is 0.463 e. The Morgan fingerprint density at radius 2 is 2.06 bits per heavy atom. The van der Waals surface area contributed by atoms with Crippen molar-refractivity contribution in [2.75, 3.05) is 6.61 Å². The number of aliphatic hydroxyl groups is 3. The molecule has 5 N–H and O–H groups in total. The number of aliphatic hydroxyl groups excluding tert-OH is 3. The van der Waals surface area contributed by atoms with Crippen LogP contribution in [0.2, 0.25) is 5.02 Å². The molecule has 1 unspecified atom stereocenters. The lowest BCUT2D eigenvalue weighted by atomic mass is 9.90. The average Bonchev–Trinajstić information content (AvgIpc) is 3.50. The van der Waals surface area contributed by atoms with Gasteiger partial charge >= 0.3 is 5.97 Å². The highest BCUT2D eigenvalue weighted by Gasteiger charge is 2.44. The Morgan fingerprint density at radius 1 is 1.26 bits per heavy atom. The highest BCUT2D eigenvalue weighted by atomic mass is 35.5. The maximum Gasteiger partial charge on any atom is 0.322 e. The van der Waals surface area contributed by atoms with Crippen molar-refractivity contribution in [3.05, 3.63) is 63.9 Å². The summed E-state index contributed by atoms with van der Waals surface area (Å²) < 4.78 is 16.3. The highest BCUT2D eigenvalue weighted by molar-refractivity contribution is 7.15. The third kappa shape index (κ3) is 5.33. The molecular formula is C23H25ClN2O7S. The predicted molar refractivity (Wildman–Crippen MR) is 124 cm³/mol. The normalized spacial score (nSPS) is 25.8. The molecule has 1 aliphatic heterocycles. The molecule has 0 amide bonds. The molecule has 2 aromatic heterocycles. The zero-order chi connectivity index (χ0) is 24.4. The number of benzene rings is 1. The molecule has 0 aliphatic carbocycles. The van der Waals surface area contributed by atoms with E-state index in [9.17, 15) is 20.1 Å². The number of carbonyl (C=O) groups is 1. The van der Waals surface area contributed by atoms with E-state index in [0.717, 1.165) is 21.2 Å². The number of nitrogens with zero attached hydrogens (tertiary/aromatic N) is 1. The van der Waals surface area contributed by atoms with Gasteiger partial charge in [0.05, 0.1) is 16.1 Å². The number of aromatic nitrogens is 1. The Bertz CT molecular complexity index is 1120. The summed E-state index contributed by atoms with van der Waals surface area (Å²) >= 11 is 7.89. The minimum absolute atomic E-state index is 0.322. The number of halogens is 1. The number of thiazole rings is 1. The predicted octanol–water partition coefficient (Wildman–Crippen LogP) is 2.06. The van der Waals surface area contributed by atoms with Gasteiger partial charge < -0.3 is 34.9 Å². The Morgan fingerprint density at radius 3 is 2.76 bits per heavy atom. The van der Waals surface area contributed by atoms with Crippen molar-refractivity contribution in [3.63, 3.8) is 0 Å². The zero-order valence-electron chi connectivity index (χ0n) is 18.2. The van der Waals surface area contributed by atoms with Gasteiger partial charge in [-0.3, -0.25) is 4.79 Å². The first-order chi connectivity index (χ1) is 16.2. The van der Waals surface area contributed by atoms with Crippen molar-refractivity contribution in [3.8, 4) is 10.6 Å². The molecule has 0 spiro atoms. The van der Waals surface area contributed by atoms with Gasteiger partial charge in [0, 0.05) is 17.6 Å². The molecule has 6 atom stereocenters. The van der Waals surface area contributed by atoms with Gasteiger partial charge in [0.15, 0.2) is 0 Å². The van der Waals surface area contributed by atoms with E-state index in [-0.39, 0.29) is 6.61 Å². The standard InChI is InChI=1S/C23H25ClN2O7S/c1-11(25)23(30)32-10-16-19(27)20(28)21(29)22(33-16)12-4-5-14(24)13(7-12)8-18-26-9-17(34-18)15-3-2-6-31-15/h2-7,9,11,16,19-22,27-29H,8,10,25H2,1H3/t11?,16-,19+,20-,21-,22+/m1/s1. The lowest BCUT2D eigenvalue weighted by molar-refractivity contribution is -0.234. The molecular weight excluding hydrogens is 484 g/mol. The van der Waals surface area contributed by atoms with Gasteiger partial charge in [-0.05, 0) is 36.2 Å². The van der Waals surface area contributed by atoms with Crippen molar-refractivity contribution in [1.29, 1.82) is 0 Å². The van der Waals surface area contributed by atoms with E-state index in [1.54, 1.807) is 36.7 Å². The molecule has 3 aromatic rings. The Balaban J connectivity index is 1.52. The van der Waals surface area contributed by atoms with E-state index in [4.69, 9.17) is 31.2 Å². The van der Waals surface area contributed by atoms with Crippen LogP contribution in [0.3, 0.4) is 0 Å². The van der Waals surface area contributed by atoms with Crippen LogP contribution in [-0.2, 0) is 20.7 Å². The number of ether oxygens (including phenoxy) is 2. The fourth-order valence-electron chi connectivity index (χ4n) is 3.65. The summed E-state index contributed by atoms with van der Waals surface area (Å²) in [5, 5.41) is 32.6. The lowest BCUT2D eigenvalue weighted by Crippen LogP contribution is -2.55. The molecule has 34 heavy (non-hydrogen) atoms. The third-order valence-electron chi connectivity index (χ3n) is 5.53. The van der Waals surface area contributed by atoms with E-state index < -0.39 is 42.5 Å². The summed E-state index contributed by atoms with van der Waals surface area (Å²) in [4.78, 5) is 17.0. The van der Waals surface area contributed by atoms with Gasteiger partial charge in [0.1, 0.15) is 48.9 Å². The number of rotatable bonds is 7. The molecule has 1 fully saturated rings. The number of carbonyl (C=O) groups excluding carboxylic acids is 1. The van der Waals surface area contributed by atoms with Crippen LogP contribution in [0.1, 0.15) is 29.2 Å². The lowest BCUT2D eigenvalue weighted by Gasteiger charge is -2.40. The fourth-order valence-corrected chi connectivity index (χ4v) is 4.75. The minimum Gasteiger partial charge on any atom is -0.463 e. The van der Waals surface area contributed by atoms with Crippen LogP contribution in [0.15, 0.2) is 47.2 Å². The van der Waals surface area contributed by atoms with Crippen molar-refractivity contribution >= 4 is 28.9 Å². The summed E-state index contributed by atoms with van der Waals surface area (Å²) in [6.45, 7) is 1.15. The summed E-state index contributed by atoms with van der Waals surface area (Å²) in [6.07, 6.45) is -2.64. The number of nitrogens with two attached hydrogens (primary N) is 1. The molecule has 11 heteroatoms. The first-order valence-electron chi connectivity index (χ1n) is 10.6. The van der Waals surface area contributed by atoms with Crippen molar-refractivity contribution in [2.45, 2.75) is 49.9 Å². The van der Waals surface area contributed by atoms with Crippen LogP contribution in [0.4, 0.5) is 0 Å². The SMILES string of the molecule is CC(N)C(=O)OC[C@H]1O[C@@H](c2ccc(Cl)c(Cc3ncc(-c4ccco4)s3)c2)[C@H](O)[C@H](O)[C@H]1O. The number of furan rings is 1. The van der Waals surface area contributed by atoms with Crippen molar-refractivity contribution in [1.82, 2.24) is 4.98 Å². The molecule has 4 rings (SSSR count). The van der Waals surface area contributed by atoms with Crippen LogP contribution in [0.25, 0.3) is 10.6 Å². The van der Waals surface area contributed by atoms with Gasteiger partial charge in [-0.15, -0.1) is 11.3 Å².